The van der Waals surface area contributed by atoms with Gasteiger partial charge in [-0.1, -0.05) is 27.7 Å². The standard InChI is InChI=1S/C13H24N2O4/c1-8(7-13(2,3)4)5-11(17)15-9(12(18)19)6-10(14)16/h8-9H,5-7H2,1-4H3,(H2,14,16)(H,15,17)(H,18,19)/t8?,9-/m1/s1. The quantitative estimate of drug-likeness (QED) is 0.639. The van der Waals surface area contributed by atoms with Crippen LogP contribution in [-0.2, 0) is 14.4 Å². The Bertz CT molecular complexity index is 347. The predicted molar refractivity (Wildman–Crippen MR) is 71.2 cm³/mol. The number of nitrogens with two attached hydrogens (primary N) is 1. The third kappa shape index (κ3) is 9.04. The summed E-state index contributed by atoms with van der Waals surface area (Å²) in [5, 5.41) is 11.2. The summed E-state index contributed by atoms with van der Waals surface area (Å²) in [5.41, 5.74) is 5.05. The van der Waals surface area contributed by atoms with Crippen LogP contribution in [0.1, 0.15) is 47.0 Å². The van der Waals surface area contributed by atoms with Gasteiger partial charge in [0.25, 0.3) is 0 Å². The fourth-order valence-electron chi connectivity index (χ4n) is 2.09. The highest BCUT2D eigenvalue weighted by molar-refractivity contribution is 5.88. The van der Waals surface area contributed by atoms with Crippen molar-refractivity contribution in [2.75, 3.05) is 0 Å². The molecule has 0 bridgehead atoms. The van der Waals surface area contributed by atoms with Crippen molar-refractivity contribution in [3.05, 3.63) is 0 Å². The van der Waals surface area contributed by atoms with Crippen molar-refractivity contribution in [3.63, 3.8) is 0 Å². The molecule has 0 aliphatic heterocycles. The summed E-state index contributed by atoms with van der Waals surface area (Å²) >= 11 is 0. The Labute approximate surface area is 113 Å². The van der Waals surface area contributed by atoms with E-state index in [0.29, 0.717) is 0 Å². The summed E-state index contributed by atoms with van der Waals surface area (Å²) in [6, 6.07) is -1.24. The third-order valence-electron chi connectivity index (χ3n) is 2.53. The summed E-state index contributed by atoms with van der Waals surface area (Å²) in [7, 11) is 0. The molecule has 4 N–H and O–H groups in total. The zero-order valence-electron chi connectivity index (χ0n) is 12.0. The zero-order chi connectivity index (χ0) is 15.2. The lowest BCUT2D eigenvalue weighted by Gasteiger charge is -2.23. The van der Waals surface area contributed by atoms with Gasteiger partial charge in [-0.05, 0) is 17.8 Å². The van der Waals surface area contributed by atoms with Crippen LogP contribution in [0.25, 0.3) is 0 Å². The molecule has 1 unspecified atom stereocenters. The number of nitrogens with one attached hydrogen (secondary N) is 1. The SMILES string of the molecule is CC(CC(=O)N[C@H](CC(N)=O)C(=O)O)CC(C)(C)C. The number of carbonyl (C=O) groups is 3. The van der Waals surface area contributed by atoms with Gasteiger partial charge < -0.3 is 16.2 Å². The van der Waals surface area contributed by atoms with Crippen LogP contribution in [0.4, 0.5) is 0 Å². The topological polar surface area (TPSA) is 109 Å². The van der Waals surface area contributed by atoms with Crippen LogP contribution in [0.15, 0.2) is 0 Å². The number of amides is 2. The number of hydrogen-bond donors (Lipinski definition) is 3. The molecule has 6 heteroatoms. The first-order valence-corrected chi connectivity index (χ1v) is 6.31. The Hall–Kier alpha value is -1.59. The lowest BCUT2D eigenvalue weighted by molar-refractivity contribution is -0.143. The molecule has 2 amide bonds. The molecule has 2 atom stereocenters. The molecule has 0 aromatic rings. The summed E-state index contributed by atoms with van der Waals surface area (Å²) in [6.45, 7) is 8.17. The second-order valence-corrected chi connectivity index (χ2v) is 6.20. The van der Waals surface area contributed by atoms with Gasteiger partial charge in [0.05, 0.1) is 6.42 Å². The molecule has 0 saturated heterocycles. The molecular formula is C13H24N2O4. The summed E-state index contributed by atoms with van der Waals surface area (Å²) in [6.07, 6.45) is 0.697. The van der Waals surface area contributed by atoms with Gasteiger partial charge in [0.2, 0.25) is 11.8 Å². The predicted octanol–water partition coefficient (Wildman–Crippen LogP) is 0.894. The van der Waals surface area contributed by atoms with Gasteiger partial charge in [0, 0.05) is 6.42 Å². The van der Waals surface area contributed by atoms with Crippen molar-refractivity contribution < 1.29 is 19.5 Å². The molecule has 0 saturated carbocycles. The van der Waals surface area contributed by atoms with Gasteiger partial charge in [0.1, 0.15) is 6.04 Å². The normalized spacial score (nSPS) is 14.5. The fourth-order valence-corrected chi connectivity index (χ4v) is 2.09. The highest BCUT2D eigenvalue weighted by atomic mass is 16.4. The monoisotopic (exact) mass is 272 g/mol. The number of carbonyl (C=O) groups excluding carboxylic acids is 2. The van der Waals surface area contributed by atoms with Crippen LogP contribution < -0.4 is 11.1 Å². The first-order chi connectivity index (χ1) is 8.51. The Morgan fingerprint density at radius 2 is 1.74 bits per heavy atom. The minimum atomic E-state index is -1.25. The number of rotatable bonds is 7. The molecule has 0 spiro atoms. The van der Waals surface area contributed by atoms with E-state index in [-0.39, 0.29) is 23.7 Å². The molecule has 110 valence electrons. The molecule has 0 fully saturated rings. The van der Waals surface area contributed by atoms with E-state index in [2.05, 4.69) is 26.1 Å². The number of carboxylic acid groups (broad SMARTS) is 1. The highest BCUT2D eigenvalue weighted by Gasteiger charge is 2.24. The van der Waals surface area contributed by atoms with E-state index in [1.165, 1.54) is 0 Å². The second-order valence-electron chi connectivity index (χ2n) is 6.20. The maximum Gasteiger partial charge on any atom is 0.326 e. The van der Waals surface area contributed by atoms with Gasteiger partial charge in [0.15, 0.2) is 0 Å². The van der Waals surface area contributed by atoms with E-state index in [1.54, 1.807) is 0 Å². The van der Waals surface area contributed by atoms with E-state index >= 15 is 0 Å². The van der Waals surface area contributed by atoms with Crippen molar-refractivity contribution in [1.29, 1.82) is 0 Å². The maximum absolute atomic E-state index is 11.7. The van der Waals surface area contributed by atoms with Crippen molar-refractivity contribution in [3.8, 4) is 0 Å². The van der Waals surface area contributed by atoms with Crippen LogP contribution in [0.3, 0.4) is 0 Å². The Morgan fingerprint density at radius 3 is 2.11 bits per heavy atom. The lowest BCUT2D eigenvalue weighted by Crippen LogP contribution is -2.43. The van der Waals surface area contributed by atoms with Crippen LogP contribution >= 0.6 is 0 Å². The van der Waals surface area contributed by atoms with E-state index in [4.69, 9.17) is 10.8 Å². The average Bonchev–Trinajstić information content (AvgIpc) is 2.11. The van der Waals surface area contributed by atoms with Gasteiger partial charge >= 0.3 is 5.97 Å². The van der Waals surface area contributed by atoms with Gasteiger partial charge in [-0.2, -0.15) is 0 Å². The smallest absolute Gasteiger partial charge is 0.326 e. The maximum atomic E-state index is 11.7. The molecule has 0 heterocycles. The first-order valence-electron chi connectivity index (χ1n) is 6.31. The van der Waals surface area contributed by atoms with Crippen LogP contribution in [0, 0.1) is 11.3 Å². The fraction of sp³-hybridized carbons (Fsp3) is 0.769. The lowest BCUT2D eigenvalue weighted by atomic mass is 9.84. The molecule has 0 aromatic heterocycles. The van der Waals surface area contributed by atoms with Gasteiger partial charge in [-0.15, -0.1) is 0 Å². The number of primary amides is 1. The molecule has 0 rings (SSSR count). The molecule has 0 aliphatic carbocycles. The van der Waals surface area contributed by atoms with Crippen LogP contribution in [0.5, 0.6) is 0 Å². The summed E-state index contributed by atoms with van der Waals surface area (Å²) in [5.74, 6) is -2.24. The van der Waals surface area contributed by atoms with Gasteiger partial charge in [-0.3, -0.25) is 9.59 Å². The Morgan fingerprint density at radius 1 is 1.21 bits per heavy atom. The molecule has 0 radical (unpaired) electrons. The largest absolute Gasteiger partial charge is 0.480 e. The van der Waals surface area contributed by atoms with Crippen molar-refractivity contribution in [2.24, 2.45) is 17.1 Å². The van der Waals surface area contributed by atoms with Crippen molar-refractivity contribution >= 4 is 17.8 Å². The van der Waals surface area contributed by atoms with Crippen molar-refractivity contribution in [1.82, 2.24) is 5.32 Å². The van der Waals surface area contributed by atoms with Crippen molar-refractivity contribution in [2.45, 2.75) is 53.0 Å². The summed E-state index contributed by atoms with van der Waals surface area (Å²) < 4.78 is 0. The average molecular weight is 272 g/mol. The molecule has 0 aromatic carbocycles. The van der Waals surface area contributed by atoms with E-state index < -0.39 is 24.3 Å². The first kappa shape index (κ1) is 17.4. The van der Waals surface area contributed by atoms with Gasteiger partial charge in [-0.25, -0.2) is 4.79 Å². The number of aliphatic carboxylic acids is 1. The number of hydrogen-bond acceptors (Lipinski definition) is 3. The second kappa shape index (κ2) is 7.11. The minimum absolute atomic E-state index is 0.110. The van der Waals surface area contributed by atoms with Crippen LogP contribution in [0.2, 0.25) is 0 Å². The highest BCUT2D eigenvalue weighted by Crippen LogP contribution is 2.25. The molecular weight excluding hydrogens is 248 g/mol. The number of carboxylic acids is 1. The Kier molecular flexibility index (Phi) is 6.52. The zero-order valence-corrected chi connectivity index (χ0v) is 12.0. The minimum Gasteiger partial charge on any atom is -0.480 e. The van der Waals surface area contributed by atoms with Crippen LogP contribution in [-0.4, -0.2) is 28.9 Å². The summed E-state index contributed by atoms with van der Waals surface area (Å²) in [4.78, 5) is 33.3. The van der Waals surface area contributed by atoms with E-state index in [0.717, 1.165) is 6.42 Å². The van der Waals surface area contributed by atoms with E-state index in [9.17, 15) is 14.4 Å². The molecule has 0 aliphatic rings. The van der Waals surface area contributed by atoms with E-state index in [1.807, 2.05) is 6.92 Å². The Balaban J connectivity index is 4.34. The third-order valence-corrected chi connectivity index (χ3v) is 2.53. The molecule has 19 heavy (non-hydrogen) atoms. The molecule has 6 nitrogen and oxygen atoms in total.